The van der Waals surface area contributed by atoms with Crippen molar-refractivity contribution >= 4 is 29.7 Å². The zero-order valence-electron chi connectivity index (χ0n) is 29.5. The number of carboxylic acid groups (broad SMARTS) is 1. The Labute approximate surface area is 292 Å². The number of carbonyl (C=O) groups is 5. The van der Waals surface area contributed by atoms with Crippen molar-refractivity contribution in [1.82, 2.24) is 26.2 Å². The van der Waals surface area contributed by atoms with Gasteiger partial charge in [0.2, 0.25) is 17.7 Å². The minimum Gasteiger partial charge on any atom is -0.508 e. The summed E-state index contributed by atoms with van der Waals surface area (Å²) >= 11 is 0. The van der Waals surface area contributed by atoms with E-state index in [0.29, 0.717) is 17.7 Å². The lowest BCUT2D eigenvalue weighted by Gasteiger charge is -2.33. The first kappa shape index (κ1) is 39.3. The number of likely N-dealkylation sites (N-methyl/N-ethyl adjacent to an activating group) is 1. The van der Waals surface area contributed by atoms with E-state index in [-0.39, 0.29) is 24.5 Å². The van der Waals surface area contributed by atoms with Gasteiger partial charge >= 0.3 is 12.0 Å². The minimum atomic E-state index is -1.33. The molecule has 2 aromatic carbocycles. The Morgan fingerprint density at radius 3 is 2.12 bits per heavy atom. The number of rotatable bonds is 14. The fourth-order valence-corrected chi connectivity index (χ4v) is 5.44. The number of phenols is 1. The molecule has 0 bridgehead atoms. The Morgan fingerprint density at radius 2 is 1.54 bits per heavy atom. The molecule has 272 valence electrons. The number of aliphatic carboxylic acids is 1. The first-order valence-corrected chi connectivity index (χ1v) is 16.4. The third kappa shape index (κ3) is 10.4. The molecule has 14 nitrogen and oxygen atoms in total. The SMILES string of the molecule is CC(Cc1cccc(O)c1)C(=O)N(C)C(C)C(NC(=O)C(C)NC(=O)NC(Cc1ccccc1)C(=O)O)C(=O)N/C=C1/CC(C)(O)C(C)(C)O1. The summed E-state index contributed by atoms with van der Waals surface area (Å²) in [6, 6.07) is 9.65. The molecule has 50 heavy (non-hydrogen) atoms. The highest BCUT2D eigenvalue weighted by Gasteiger charge is 2.48. The van der Waals surface area contributed by atoms with E-state index in [0.717, 1.165) is 5.56 Å². The van der Waals surface area contributed by atoms with Crippen LogP contribution in [0.3, 0.4) is 0 Å². The van der Waals surface area contributed by atoms with Crippen LogP contribution in [-0.2, 0) is 36.8 Å². The third-order valence-corrected chi connectivity index (χ3v) is 9.10. The van der Waals surface area contributed by atoms with E-state index in [4.69, 9.17) is 4.74 Å². The van der Waals surface area contributed by atoms with Gasteiger partial charge in [-0.3, -0.25) is 14.4 Å². The Kier molecular flexibility index (Phi) is 13.0. The maximum atomic E-state index is 13.6. The molecular weight excluding hydrogens is 646 g/mol. The zero-order chi connectivity index (χ0) is 37.4. The summed E-state index contributed by atoms with van der Waals surface area (Å²) in [7, 11) is 1.50. The summed E-state index contributed by atoms with van der Waals surface area (Å²) in [6.07, 6.45) is 1.75. The molecule has 1 fully saturated rings. The van der Waals surface area contributed by atoms with Crippen LogP contribution in [0.5, 0.6) is 5.75 Å². The highest BCUT2D eigenvalue weighted by Crippen LogP contribution is 2.40. The zero-order valence-corrected chi connectivity index (χ0v) is 29.5. The van der Waals surface area contributed by atoms with Crippen LogP contribution in [0.2, 0.25) is 0 Å². The van der Waals surface area contributed by atoms with Crippen LogP contribution in [0.1, 0.15) is 59.1 Å². The van der Waals surface area contributed by atoms with Crippen molar-refractivity contribution in [3.63, 3.8) is 0 Å². The topological polar surface area (TPSA) is 207 Å². The Morgan fingerprint density at radius 1 is 0.900 bits per heavy atom. The molecule has 5 amide bonds. The van der Waals surface area contributed by atoms with E-state index in [1.54, 1.807) is 83.1 Å². The number of hydrogen-bond donors (Lipinski definition) is 7. The van der Waals surface area contributed by atoms with Crippen LogP contribution in [0, 0.1) is 5.92 Å². The highest BCUT2D eigenvalue weighted by atomic mass is 16.5. The molecule has 1 saturated heterocycles. The second-order valence-corrected chi connectivity index (χ2v) is 13.6. The minimum absolute atomic E-state index is 0.0139. The average molecular weight is 696 g/mol. The van der Waals surface area contributed by atoms with Gasteiger partial charge in [0.25, 0.3) is 0 Å². The molecule has 7 N–H and O–H groups in total. The number of nitrogens with zero attached hydrogens (tertiary/aromatic N) is 1. The van der Waals surface area contributed by atoms with Crippen molar-refractivity contribution in [2.75, 3.05) is 7.05 Å². The lowest BCUT2D eigenvalue weighted by Crippen LogP contribution is -2.61. The smallest absolute Gasteiger partial charge is 0.326 e. The fraction of sp³-hybridized carbons (Fsp3) is 0.472. The van der Waals surface area contributed by atoms with Gasteiger partial charge in [0.15, 0.2) is 0 Å². The Bertz CT molecular complexity index is 1560. The molecule has 1 aliphatic heterocycles. The average Bonchev–Trinajstić information content (AvgIpc) is 3.26. The van der Waals surface area contributed by atoms with Crippen molar-refractivity contribution in [3.8, 4) is 5.75 Å². The van der Waals surface area contributed by atoms with Crippen molar-refractivity contribution in [3.05, 3.63) is 77.7 Å². The number of hydrogen-bond acceptors (Lipinski definition) is 8. The highest BCUT2D eigenvalue weighted by molar-refractivity contribution is 5.93. The molecule has 3 rings (SSSR count). The number of carboxylic acids is 1. The van der Waals surface area contributed by atoms with Crippen LogP contribution in [0.15, 0.2) is 66.6 Å². The van der Waals surface area contributed by atoms with E-state index >= 15 is 0 Å². The monoisotopic (exact) mass is 695 g/mol. The predicted molar refractivity (Wildman–Crippen MR) is 184 cm³/mol. The van der Waals surface area contributed by atoms with Crippen LogP contribution in [0.4, 0.5) is 4.79 Å². The summed E-state index contributed by atoms with van der Waals surface area (Å²) in [5.74, 6) is -3.23. The summed E-state index contributed by atoms with van der Waals surface area (Å²) < 4.78 is 5.82. The van der Waals surface area contributed by atoms with Gasteiger partial charge in [-0.05, 0) is 64.3 Å². The predicted octanol–water partition coefficient (Wildman–Crippen LogP) is 2.19. The number of urea groups is 1. The summed E-state index contributed by atoms with van der Waals surface area (Å²) in [4.78, 5) is 66.5. The maximum absolute atomic E-state index is 13.6. The molecule has 0 aromatic heterocycles. The van der Waals surface area contributed by atoms with Crippen LogP contribution in [-0.4, -0.2) is 92.4 Å². The Hall–Kier alpha value is -5.11. The quantitative estimate of drug-likeness (QED) is 0.154. The van der Waals surface area contributed by atoms with Gasteiger partial charge in [-0.1, -0.05) is 49.4 Å². The van der Waals surface area contributed by atoms with Crippen LogP contribution < -0.4 is 21.3 Å². The normalized spacial score (nSPS) is 20.3. The lowest BCUT2D eigenvalue weighted by molar-refractivity contribution is -0.140. The van der Waals surface area contributed by atoms with Crippen molar-refractivity contribution in [2.45, 2.75) is 96.2 Å². The molecule has 6 atom stereocenters. The van der Waals surface area contributed by atoms with Crippen LogP contribution in [0.25, 0.3) is 0 Å². The third-order valence-electron chi connectivity index (χ3n) is 9.10. The van der Waals surface area contributed by atoms with Crippen molar-refractivity contribution in [2.24, 2.45) is 5.92 Å². The van der Waals surface area contributed by atoms with E-state index < -0.39 is 65.1 Å². The summed E-state index contributed by atoms with van der Waals surface area (Å²) in [6.45, 7) is 9.71. The number of aliphatic hydroxyl groups is 1. The van der Waals surface area contributed by atoms with E-state index in [9.17, 15) is 39.3 Å². The molecule has 1 aliphatic rings. The fourth-order valence-electron chi connectivity index (χ4n) is 5.44. The molecule has 0 radical (unpaired) electrons. The first-order chi connectivity index (χ1) is 23.3. The molecule has 0 spiro atoms. The summed E-state index contributed by atoms with van der Waals surface area (Å²) in [5, 5.41) is 40.2. The molecule has 0 saturated carbocycles. The van der Waals surface area contributed by atoms with Crippen LogP contribution >= 0.6 is 0 Å². The number of amides is 5. The number of aromatic hydroxyl groups is 1. The van der Waals surface area contributed by atoms with Gasteiger partial charge in [0.05, 0.1) is 6.04 Å². The standard InChI is InChI=1S/C36H49N5O9/c1-21(16-25-14-11-15-26(42)17-25)32(45)41(7)23(3)29(31(44)37-20-27-19-36(6,49)35(4,5)50-27)40-30(43)22(2)38-34(48)39-28(33(46)47)18-24-12-9-8-10-13-24/h8-15,17,20-23,28-29,42,49H,16,18-19H2,1-7H3,(H,37,44)(H,40,43)(H,46,47)(H2,38,39,48)/b27-20-. The molecule has 14 heteroatoms. The van der Waals surface area contributed by atoms with E-state index in [1.165, 1.54) is 31.1 Å². The number of carbonyl (C=O) groups excluding carboxylic acids is 4. The second-order valence-electron chi connectivity index (χ2n) is 13.6. The van der Waals surface area contributed by atoms with E-state index in [1.807, 2.05) is 0 Å². The first-order valence-electron chi connectivity index (χ1n) is 16.4. The van der Waals surface area contributed by atoms with Gasteiger partial charge < -0.3 is 46.2 Å². The number of benzene rings is 2. The molecule has 6 unspecified atom stereocenters. The molecule has 1 heterocycles. The van der Waals surface area contributed by atoms with E-state index in [2.05, 4.69) is 21.3 Å². The number of nitrogens with one attached hydrogen (secondary N) is 4. The van der Waals surface area contributed by atoms with Gasteiger partial charge in [0, 0.05) is 32.0 Å². The number of ether oxygens (including phenoxy) is 1. The van der Waals surface area contributed by atoms with Gasteiger partial charge in [-0.15, -0.1) is 0 Å². The second kappa shape index (κ2) is 16.5. The van der Waals surface area contributed by atoms with Gasteiger partial charge in [-0.25, -0.2) is 9.59 Å². The largest absolute Gasteiger partial charge is 0.508 e. The van der Waals surface area contributed by atoms with Gasteiger partial charge in [-0.2, -0.15) is 0 Å². The molecular formula is C36H49N5O9. The Balaban J connectivity index is 1.75. The van der Waals surface area contributed by atoms with Crippen molar-refractivity contribution in [1.29, 1.82) is 0 Å². The molecule has 0 aliphatic carbocycles. The maximum Gasteiger partial charge on any atom is 0.326 e. The summed E-state index contributed by atoms with van der Waals surface area (Å²) in [5.41, 5.74) is -0.700. The molecule has 2 aromatic rings. The number of phenolic OH excluding ortho intramolecular Hbond substituents is 1. The van der Waals surface area contributed by atoms with Crippen molar-refractivity contribution < 1.29 is 44.0 Å². The van der Waals surface area contributed by atoms with Gasteiger partial charge in [0.1, 0.15) is 40.8 Å². The lowest BCUT2D eigenvalue weighted by atomic mass is 9.87.